The predicted molar refractivity (Wildman–Crippen MR) is 77.0 cm³/mol. The topological polar surface area (TPSA) is 91.5 Å². The van der Waals surface area contributed by atoms with Gasteiger partial charge in [-0.15, -0.1) is 0 Å². The Labute approximate surface area is 121 Å². The van der Waals surface area contributed by atoms with E-state index in [9.17, 15) is 9.59 Å². The molecule has 6 nitrogen and oxygen atoms in total. The van der Waals surface area contributed by atoms with Gasteiger partial charge < -0.3 is 15.2 Å². The number of primary amides is 1. The van der Waals surface area contributed by atoms with Crippen molar-refractivity contribution in [2.45, 2.75) is 20.0 Å². The lowest BCUT2D eigenvalue weighted by atomic mass is 10.1. The largest absolute Gasteiger partial charge is 0.478 e. The van der Waals surface area contributed by atoms with E-state index in [1.807, 2.05) is 6.07 Å². The van der Waals surface area contributed by atoms with Crippen LogP contribution in [0.4, 0.5) is 0 Å². The van der Waals surface area contributed by atoms with Gasteiger partial charge in [-0.1, -0.05) is 12.1 Å². The number of benzene rings is 1. The highest BCUT2D eigenvalue weighted by Crippen LogP contribution is 2.26. The smallest absolute Gasteiger partial charge is 0.347 e. The fraction of sp³-hybridized carbons (Fsp3) is 0.267. The van der Waals surface area contributed by atoms with Gasteiger partial charge in [0.1, 0.15) is 11.4 Å². The van der Waals surface area contributed by atoms with Crippen LogP contribution in [-0.4, -0.2) is 29.6 Å². The first-order chi connectivity index (χ1) is 10.0. The van der Waals surface area contributed by atoms with E-state index in [0.29, 0.717) is 16.7 Å². The molecule has 0 bridgehead atoms. The van der Waals surface area contributed by atoms with Crippen LogP contribution in [0.1, 0.15) is 24.3 Å². The standard InChI is InChI=1S/C15H16N2O4/c1-3-20-15(19)9(2)21-13-8-12(14(16)18)17-11-7-5-4-6-10(11)13/h4-9H,3H2,1-2H3,(H2,16,18). The minimum Gasteiger partial charge on any atom is -0.478 e. The zero-order valence-electron chi connectivity index (χ0n) is 11.8. The number of para-hydroxylation sites is 1. The van der Waals surface area contributed by atoms with Crippen molar-refractivity contribution in [3.8, 4) is 5.75 Å². The molecular formula is C15H16N2O4. The van der Waals surface area contributed by atoms with Crippen LogP contribution in [0.2, 0.25) is 0 Å². The molecule has 1 aromatic heterocycles. The van der Waals surface area contributed by atoms with Crippen LogP contribution in [0, 0.1) is 0 Å². The molecule has 6 heteroatoms. The molecule has 1 amide bonds. The lowest BCUT2D eigenvalue weighted by molar-refractivity contribution is -0.150. The molecule has 110 valence electrons. The third-order valence-electron chi connectivity index (χ3n) is 2.85. The third-order valence-corrected chi connectivity index (χ3v) is 2.85. The summed E-state index contributed by atoms with van der Waals surface area (Å²) in [5.74, 6) is -0.761. The first-order valence-corrected chi connectivity index (χ1v) is 6.55. The Morgan fingerprint density at radius 1 is 1.33 bits per heavy atom. The monoisotopic (exact) mass is 288 g/mol. The lowest BCUT2D eigenvalue weighted by Crippen LogP contribution is -2.26. The summed E-state index contributed by atoms with van der Waals surface area (Å²) >= 11 is 0. The van der Waals surface area contributed by atoms with Gasteiger partial charge in [0, 0.05) is 11.5 Å². The summed E-state index contributed by atoms with van der Waals surface area (Å²) in [5.41, 5.74) is 5.92. The number of amides is 1. The van der Waals surface area contributed by atoms with Gasteiger partial charge in [0.2, 0.25) is 0 Å². The highest BCUT2D eigenvalue weighted by Gasteiger charge is 2.18. The van der Waals surface area contributed by atoms with Crippen molar-refractivity contribution in [1.82, 2.24) is 4.98 Å². The van der Waals surface area contributed by atoms with Gasteiger partial charge in [0.05, 0.1) is 12.1 Å². The summed E-state index contributed by atoms with van der Waals surface area (Å²) in [7, 11) is 0. The van der Waals surface area contributed by atoms with Crippen LogP contribution in [-0.2, 0) is 9.53 Å². The molecule has 0 saturated carbocycles. The molecule has 1 aromatic carbocycles. The van der Waals surface area contributed by atoms with Crippen molar-refractivity contribution in [2.75, 3.05) is 6.61 Å². The van der Waals surface area contributed by atoms with E-state index in [1.54, 1.807) is 32.0 Å². The highest BCUT2D eigenvalue weighted by atomic mass is 16.6. The number of pyridine rings is 1. The predicted octanol–water partition coefficient (Wildman–Crippen LogP) is 1.66. The van der Waals surface area contributed by atoms with Gasteiger partial charge >= 0.3 is 5.97 Å². The SMILES string of the molecule is CCOC(=O)C(C)Oc1cc(C(N)=O)nc2ccccc12. The van der Waals surface area contributed by atoms with Gasteiger partial charge in [0.15, 0.2) is 6.10 Å². The van der Waals surface area contributed by atoms with Gasteiger partial charge in [-0.2, -0.15) is 0 Å². The number of esters is 1. The molecule has 2 rings (SSSR count). The van der Waals surface area contributed by atoms with E-state index in [1.165, 1.54) is 6.07 Å². The second kappa shape index (κ2) is 6.21. The molecule has 0 saturated heterocycles. The zero-order chi connectivity index (χ0) is 15.4. The summed E-state index contributed by atoms with van der Waals surface area (Å²) in [5, 5.41) is 0.693. The van der Waals surface area contributed by atoms with Crippen molar-refractivity contribution in [2.24, 2.45) is 5.73 Å². The molecule has 0 aliphatic heterocycles. The molecule has 0 fully saturated rings. The quantitative estimate of drug-likeness (QED) is 0.845. The molecule has 0 aliphatic rings. The molecule has 21 heavy (non-hydrogen) atoms. The molecular weight excluding hydrogens is 272 g/mol. The fourth-order valence-electron chi connectivity index (χ4n) is 1.87. The molecule has 2 aromatic rings. The Hall–Kier alpha value is -2.63. The number of hydrogen-bond donors (Lipinski definition) is 1. The number of carbonyl (C=O) groups is 2. The van der Waals surface area contributed by atoms with Crippen LogP contribution >= 0.6 is 0 Å². The first-order valence-electron chi connectivity index (χ1n) is 6.55. The number of fused-ring (bicyclic) bond motifs is 1. The van der Waals surface area contributed by atoms with Gasteiger partial charge in [0.25, 0.3) is 5.91 Å². The highest BCUT2D eigenvalue weighted by molar-refractivity contribution is 5.96. The van der Waals surface area contributed by atoms with Crippen LogP contribution in [0.5, 0.6) is 5.75 Å². The van der Waals surface area contributed by atoms with E-state index >= 15 is 0 Å². The molecule has 0 radical (unpaired) electrons. The maximum atomic E-state index is 11.6. The molecule has 2 N–H and O–H groups in total. The first kappa shape index (κ1) is 14.8. The summed E-state index contributed by atoms with van der Waals surface area (Å²) in [4.78, 5) is 27.1. The lowest BCUT2D eigenvalue weighted by Gasteiger charge is -2.15. The summed E-state index contributed by atoms with van der Waals surface area (Å²) < 4.78 is 10.5. The number of hydrogen-bond acceptors (Lipinski definition) is 5. The number of nitrogens with two attached hydrogens (primary N) is 1. The fourth-order valence-corrected chi connectivity index (χ4v) is 1.87. The van der Waals surface area contributed by atoms with E-state index in [-0.39, 0.29) is 12.3 Å². The van der Waals surface area contributed by atoms with E-state index < -0.39 is 18.0 Å². The third kappa shape index (κ3) is 3.28. The van der Waals surface area contributed by atoms with Crippen molar-refractivity contribution in [3.63, 3.8) is 0 Å². The maximum Gasteiger partial charge on any atom is 0.347 e. The van der Waals surface area contributed by atoms with Crippen molar-refractivity contribution in [3.05, 3.63) is 36.0 Å². The van der Waals surface area contributed by atoms with E-state index in [2.05, 4.69) is 4.98 Å². The Morgan fingerprint density at radius 3 is 2.71 bits per heavy atom. The number of rotatable bonds is 5. The number of nitrogens with zero attached hydrogens (tertiary/aromatic N) is 1. The van der Waals surface area contributed by atoms with Crippen LogP contribution in [0.3, 0.4) is 0 Å². The van der Waals surface area contributed by atoms with Crippen molar-refractivity contribution < 1.29 is 19.1 Å². The maximum absolute atomic E-state index is 11.6. The van der Waals surface area contributed by atoms with Crippen molar-refractivity contribution in [1.29, 1.82) is 0 Å². The second-order valence-electron chi connectivity index (χ2n) is 4.40. The molecule has 1 heterocycles. The van der Waals surface area contributed by atoms with Gasteiger partial charge in [-0.05, 0) is 26.0 Å². The minimum absolute atomic E-state index is 0.0831. The van der Waals surface area contributed by atoms with Crippen LogP contribution in [0.15, 0.2) is 30.3 Å². The molecule has 0 aliphatic carbocycles. The summed E-state index contributed by atoms with van der Waals surface area (Å²) in [6.45, 7) is 3.57. The second-order valence-corrected chi connectivity index (χ2v) is 4.40. The summed E-state index contributed by atoms with van der Waals surface area (Å²) in [6, 6.07) is 8.57. The van der Waals surface area contributed by atoms with E-state index in [4.69, 9.17) is 15.2 Å². The number of carbonyl (C=O) groups excluding carboxylic acids is 2. The van der Waals surface area contributed by atoms with E-state index in [0.717, 1.165) is 0 Å². The van der Waals surface area contributed by atoms with Gasteiger partial charge in [-0.3, -0.25) is 4.79 Å². The normalized spacial score (nSPS) is 11.9. The van der Waals surface area contributed by atoms with Gasteiger partial charge in [-0.25, -0.2) is 9.78 Å². The Balaban J connectivity index is 2.41. The van der Waals surface area contributed by atoms with Crippen LogP contribution < -0.4 is 10.5 Å². The average Bonchev–Trinajstić information content (AvgIpc) is 2.47. The van der Waals surface area contributed by atoms with Crippen LogP contribution in [0.25, 0.3) is 10.9 Å². The molecule has 1 atom stereocenters. The number of aromatic nitrogens is 1. The molecule has 0 spiro atoms. The Kier molecular flexibility index (Phi) is 4.37. The average molecular weight is 288 g/mol. The number of ether oxygens (including phenoxy) is 2. The zero-order valence-corrected chi connectivity index (χ0v) is 11.8. The summed E-state index contributed by atoms with van der Waals surface area (Å²) in [6.07, 6.45) is -0.795. The van der Waals surface area contributed by atoms with Crippen molar-refractivity contribution >= 4 is 22.8 Å². The Morgan fingerprint density at radius 2 is 2.05 bits per heavy atom. The minimum atomic E-state index is -0.795. The molecule has 1 unspecified atom stereocenters. The Bertz CT molecular complexity index is 684.